The van der Waals surface area contributed by atoms with Crippen LogP contribution < -0.4 is 10.6 Å². The third kappa shape index (κ3) is 6.62. The fourth-order valence-corrected chi connectivity index (χ4v) is 2.66. The van der Waals surface area contributed by atoms with Gasteiger partial charge >= 0.3 is 5.97 Å². The lowest BCUT2D eigenvalue weighted by atomic mass is 10.0. The van der Waals surface area contributed by atoms with Crippen LogP contribution in [0.4, 0.5) is 0 Å². The largest absolute Gasteiger partial charge is 0.481 e. The number of thioether (sulfide) groups is 1. The molecule has 3 N–H and O–H groups in total. The molecule has 0 radical (unpaired) electrons. The van der Waals surface area contributed by atoms with E-state index >= 15 is 0 Å². The minimum absolute atomic E-state index is 0.00744. The summed E-state index contributed by atoms with van der Waals surface area (Å²) in [5.41, 5.74) is 1.40. The zero-order chi connectivity index (χ0) is 18.1. The van der Waals surface area contributed by atoms with Crippen LogP contribution in [0.5, 0.6) is 0 Å². The highest BCUT2D eigenvalue weighted by atomic mass is 32.2. The van der Waals surface area contributed by atoms with Gasteiger partial charge in [0.25, 0.3) is 5.91 Å². The minimum Gasteiger partial charge on any atom is -0.481 e. The number of aliphatic carboxylic acids is 1. The molecule has 2 amide bonds. The first-order valence-corrected chi connectivity index (χ1v) is 8.92. The molecular formula is C17H24N2O4S. The first-order chi connectivity index (χ1) is 11.3. The summed E-state index contributed by atoms with van der Waals surface area (Å²) in [6, 6.07) is 6.57. The lowest BCUT2D eigenvalue weighted by Crippen LogP contribution is -2.50. The predicted molar refractivity (Wildman–Crippen MR) is 95.2 cm³/mol. The van der Waals surface area contributed by atoms with Crippen LogP contribution in [0.2, 0.25) is 0 Å². The number of carbonyl (C=O) groups is 3. The summed E-state index contributed by atoms with van der Waals surface area (Å²) in [6.45, 7) is 5.93. The maximum atomic E-state index is 12.4. The smallest absolute Gasteiger partial charge is 0.313 e. The summed E-state index contributed by atoms with van der Waals surface area (Å²) in [7, 11) is 0. The summed E-state index contributed by atoms with van der Waals surface area (Å²) in [4.78, 5) is 35.1. The first kappa shape index (κ1) is 20.0. The van der Waals surface area contributed by atoms with Crippen molar-refractivity contribution in [2.45, 2.75) is 26.8 Å². The Hall–Kier alpha value is -2.02. The van der Waals surface area contributed by atoms with Crippen LogP contribution in [0.3, 0.4) is 0 Å². The lowest BCUT2D eigenvalue weighted by Gasteiger charge is -2.22. The van der Waals surface area contributed by atoms with E-state index in [0.717, 1.165) is 5.56 Å². The van der Waals surface area contributed by atoms with Gasteiger partial charge in [0, 0.05) is 17.9 Å². The highest BCUT2D eigenvalue weighted by Crippen LogP contribution is 2.09. The molecule has 0 aliphatic heterocycles. The van der Waals surface area contributed by atoms with Crippen molar-refractivity contribution < 1.29 is 19.5 Å². The highest BCUT2D eigenvalue weighted by molar-refractivity contribution is 7.99. The Morgan fingerprint density at radius 3 is 2.46 bits per heavy atom. The third-order valence-electron chi connectivity index (χ3n) is 3.40. The van der Waals surface area contributed by atoms with Gasteiger partial charge in [-0.25, -0.2) is 0 Å². The SMILES string of the molecule is Cc1ccccc1C(=O)NC(C(=O)NCCSCC(=O)O)C(C)C. The van der Waals surface area contributed by atoms with Crippen LogP contribution in [-0.4, -0.2) is 47.0 Å². The van der Waals surface area contributed by atoms with E-state index in [1.165, 1.54) is 11.8 Å². The van der Waals surface area contributed by atoms with Gasteiger partial charge in [-0.05, 0) is 24.5 Å². The van der Waals surface area contributed by atoms with Crippen molar-refractivity contribution in [2.75, 3.05) is 18.1 Å². The van der Waals surface area contributed by atoms with E-state index in [1.54, 1.807) is 12.1 Å². The van der Waals surface area contributed by atoms with E-state index in [-0.39, 0.29) is 23.5 Å². The third-order valence-corrected chi connectivity index (χ3v) is 4.34. The second kappa shape index (κ2) is 9.97. The molecule has 0 bridgehead atoms. The van der Waals surface area contributed by atoms with Gasteiger partial charge in [0.2, 0.25) is 5.91 Å². The van der Waals surface area contributed by atoms with Gasteiger partial charge in [-0.3, -0.25) is 14.4 Å². The van der Waals surface area contributed by atoms with E-state index < -0.39 is 12.0 Å². The number of carbonyl (C=O) groups excluding carboxylic acids is 2. The van der Waals surface area contributed by atoms with Gasteiger partial charge in [-0.15, -0.1) is 11.8 Å². The molecule has 1 aromatic carbocycles. The summed E-state index contributed by atoms with van der Waals surface area (Å²) in [6.07, 6.45) is 0. The van der Waals surface area contributed by atoms with Crippen molar-refractivity contribution in [1.29, 1.82) is 0 Å². The molecule has 0 spiro atoms. The summed E-state index contributed by atoms with van der Waals surface area (Å²) < 4.78 is 0. The minimum atomic E-state index is -0.878. The molecule has 1 unspecified atom stereocenters. The van der Waals surface area contributed by atoms with Crippen LogP contribution in [0.25, 0.3) is 0 Å². The number of aryl methyl sites for hydroxylation is 1. The normalized spacial score (nSPS) is 11.8. The monoisotopic (exact) mass is 352 g/mol. The van der Waals surface area contributed by atoms with Crippen molar-refractivity contribution >= 4 is 29.5 Å². The molecule has 0 heterocycles. The van der Waals surface area contributed by atoms with E-state index in [1.807, 2.05) is 32.9 Å². The zero-order valence-electron chi connectivity index (χ0n) is 14.2. The van der Waals surface area contributed by atoms with Gasteiger partial charge in [-0.2, -0.15) is 0 Å². The quantitative estimate of drug-likeness (QED) is 0.588. The molecule has 0 fully saturated rings. The van der Waals surface area contributed by atoms with Crippen LogP contribution >= 0.6 is 11.8 Å². The average molecular weight is 352 g/mol. The summed E-state index contributed by atoms with van der Waals surface area (Å²) in [5, 5.41) is 14.1. The molecule has 7 heteroatoms. The number of carboxylic acid groups (broad SMARTS) is 1. The second-order valence-electron chi connectivity index (χ2n) is 5.75. The molecule has 6 nitrogen and oxygen atoms in total. The molecule has 132 valence electrons. The van der Waals surface area contributed by atoms with Crippen LogP contribution in [-0.2, 0) is 9.59 Å². The summed E-state index contributed by atoms with van der Waals surface area (Å²) in [5.74, 6) is -0.964. The van der Waals surface area contributed by atoms with Gasteiger partial charge in [0.15, 0.2) is 0 Å². The van der Waals surface area contributed by atoms with Crippen LogP contribution in [0.15, 0.2) is 24.3 Å². The topological polar surface area (TPSA) is 95.5 Å². The van der Waals surface area contributed by atoms with Crippen molar-refractivity contribution in [2.24, 2.45) is 5.92 Å². The Labute approximate surface area is 146 Å². The predicted octanol–water partition coefficient (Wildman–Crippen LogP) is 1.68. The maximum absolute atomic E-state index is 12.4. The lowest BCUT2D eigenvalue weighted by molar-refractivity contribution is -0.133. The molecular weight excluding hydrogens is 328 g/mol. The number of rotatable bonds is 9. The molecule has 1 atom stereocenters. The fraction of sp³-hybridized carbons (Fsp3) is 0.471. The van der Waals surface area contributed by atoms with Gasteiger partial charge < -0.3 is 15.7 Å². The molecule has 24 heavy (non-hydrogen) atoms. The Bertz CT molecular complexity index is 590. The molecule has 0 saturated heterocycles. The number of carboxylic acids is 1. The number of amides is 2. The Balaban J connectivity index is 2.57. The molecule has 0 aliphatic rings. The molecule has 0 saturated carbocycles. The maximum Gasteiger partial charge on any atom is 0.313 e. The van der Waals surface area contributed by atoms with Crippen molar-refractivity contribution in [1.82, 2.24) is 10.6 Å². The van der Waals surface area contributed by atoms with Crippen LogP contribution in [0, 0.1) is 12.8 Å². The van der Waals surface area contributed by atoms with E-state index in [9.17, 15) is 14.4 Å². The van der Waals surface area contributed by atoms with Gasteiger partial charge in [-0.1, -0.05) is 32.0 Å². The van der Waals surface area contributed by atoms with Crippen LogP contribution in [0.1, 0.15) is 29.8 Å². The van der Waals surface area contributed by atoms with Crippen molar-refractivity contribution in [3.05, 3.63) is 35.4 Å². The molecule has 0 aliphatic carbocycles. The molecule has 0 aromatic heterocycles. The van der Waals surface area contributed by atoms with E-state index in [0.29, 0.717) is 17.9 Å². The first-order valence-electron chi connectivity index (χ1n) is 7.76. The zero-order valence-corrected chi connectivity index (χ0v) is 15.0. The van der Waals surface area contributed by atoms with Crippen molar-refractivity contribution in [3.8, 4) is 0 Å². The average Bonchev–Trinajstić information content (AvgIpc) is 2.51. The highest BCUT2D eigenvalue weighted by Gasteiger charge is 2.24. The second-order valence-corrected chi connectivity index (χ2v) is 6.85. The number of hydrogen-bond donors (Lipinski definition) is 3. The Kier molecular flexibility index (Phi) is 8.32. The number of nitrogens with one attached hydrogen (secondary N) is 2. The molecule has 1 aromatic rings. The van der Waals surface area contributed by atoms with Gasteiger partial charge in [0.05, 0.1) is 5.75 Å². The fourth-order valence-electron chi connectivity index (χ4n) is 2.10. The van der Waals surface area contributed by atoms with Gasteiger partial charge in [0.1, 0.15) is 6.04 Å². The standard InChI is InChI=1S/C17H24N2O4S/c1-11(2)15(17(23)18-8-9-24-10-14(20)21)19-16(22)13-7-5-4-6-12(13)3/h4-7,11,15H,8-10H2,1-3H3,(H,18,23)(H,19,22)(H,20,21). The van der Waals surface area contributed by atoms with E-state index in [2.05, 4.69) is 10.6 Å². The number of hydrogen-bond acceptors (Lipinski definition) is 4. The molecule has 1 rings (SSSR count). The van der Waals surface area contributed by atoms with E-state index in [4.69, 9.17) is 5.11 Å². The Morgan fingerprint density at radius 2 is 1.88 bits per heavy atom. The van der Waals surface area contributed by atoms with Crippen molar-refractivity contribution in [3.63, 3.8) is 0 Å². The Morgan fingerprint density at radius 1 is 1.21 bits per heavy atom. The summed E-state index contributed by atoms with van der Waals surface area (Å²) >= 11 is 1.23. The number of benzene rings is 1.